The summed E-state index contributed by atoms with van der Waals surface area (Å²) in [6.45, 7) is 4.77. The normalized spacial score (nSPS) is 13.7. The van der Waals surface area contributed by atoms with E-state index in [1.807, 2.05) is 25.1 Å². The van der Waals surface area contributed by atoms with Crippen molar-refractivity contribution in [1.29, 1.82) is 0 Å². The third-order valence-electron chi connectivity index (χ3n) is 4.71. The zero-order valence-corrected chi connectivity index (χ0v) is 18.2. The van der Waals surface area contributed by atoms with Crippen LogP contribution in [0.4, 0.5) is 11.4 Å². The van der Waals surface area contributed by atoms with E-state index in [9.17, 15) is 9.59 Å². The number of ether oxygens (including phenoxy) is 2. The van der Waals surface area contributed by atoms with Crippen molar-refractivity contribution in [2.75, 3.05) is 37.4 Å². The van der Waals surface area contributed by atoms with Crippen molar-refractivity contribution < 1.29 is 19.1 Å². The number of halogens is 1. The fourth-order valence-electron chi connectivity index (χ4n) is 2.89. The number of aryl methyl sites for hydroxylation is 1. The van der Waals surface area contributed by atoms with Crippen LogP contribution in [0.15, 0.2) is 40.9 Å². The predicted molar refractivity (Wildman–Crippen MR) is 116 cm³/mol. The molecule has 1 aliphatic rings. The molecule has 7 nitrogen and oxygen atoms in total. The Balaban J connectivity index is 1.55. The highest BCUT2D eigenvalue weighted by molar-refractivity contribution is 9.10. The lowest BCUT2D eigenvalue weighted by atomic mass is 10.2. The molecule has 0 radical (unpaired) electrons. The molecule has 2 amide bonds. The van der Waals surface area contributed by atoms with Gasteiger partial charge in [-0.15, -0.1) is 0 Å². The molecule has 0 saturated carbocycles. The van der Waals surface area contributed by atoms with Gasteiger partial charge in [-0.1, -0.05) is 15.9 Å². The van der Waals surface area contributed by atoms with Gasteiger partial charge in [0, 0.05) is 21.9 Å². The first-order chi connectivity index (χ1) is 13.8. The minimum Gasteiger partial charge on any atom is -0.486 e. The summed E-state index contributed by atoms with van der Waals surface area (Å²) in [5, 5.41) is 5.74. The molecule has 29 heavy (non-hydrogen) atoms. The summed E-state index contributed by atoms with van der Waals surface area (Å²) >= 11 is 3.40. The number of fused-ring (bicyclic) bond motifs is 1. The Morgan fingerprint density at radius 1 is 1.10 bits per heavy atom. The highest BCUT2D eigenvalue weighted by atomic mass is 79.9. The van der Waals surface area contributed by atoms with Crippen molar-refractivity contribution in [3.8, 4) is 11.5 Å². The molecule has 1 aliphatic heterocycles. The number of carbonyl (C=O) groups excluding carboxylic acids is 2. The van der Waals surface area contributed by atoms with Gasteiger partial charge in [0.1, 0.15) is 13.2 Å². The van der Waals surface area contributed by atoms with E-state index in [1.54, 1.807) is 37.1 Å². The molecule has 8 heteroatoms. The van der Waals surface area contributed by atoms with Gasteiger partial charge in [0.2, 0.25) is 11.8 Å². The third-order valence-corrected chi connectivity index (χ3v) is 5.20. The Kier molecular flexibility index (Phi) is 6.76. The largest absolute Gasteiger partial charge is 0.486 e. The maximum Gasteiger partial charge on any atom is 0.241 e. The standard InChI is InChI=1S/C21H24BrN3O4/c1-13-10-15(22)4-6-17(13)24-20(26)12-25(3)14(2)21(27)23-16-5-7-18-19(11-16)29-9-8-28-18/h4-7,10-11,14H,8-9,12H2,1-3H3,(H,23,27)(H,24,26). The van der Waals surface area contributed by atoms with Gasteiger partial charge in [0.25, 0.3) is 0 Å². The van der Waals surface area contributed by atoms with Gasteiger partial charge < -0.3 is 20.1 Å². The van der Waals surface area contributed by atoms with Crippen LogP contribution in [0.25, 0.3) is 0 Å². The highest BCUT2D eigenvalue weighted by Crippen LogP contribution is 2.32. The summed E-state index contributed by atoms with van der Waals surface area (Å²) in [7, 11) is 1.74. The second kappa shape index (κ2) is 9.28. The second-order valence-corrected chi connectivity index (χ2v) is 7.86. The molecule has 2 aromatic carbocycles. The van der Waals surface area contributed by atoms with Crippen molar-refractivity contribution in [3.63, 3.8) is 0 Å². The molecule has 2 aromatic rings. The fraction of sp³-hybridized carbons (Fsp3) is 0.333. The molecular formula is C21H24BrN3O4. The van der Waals surface area contributed by atoms with E-state index in [4.69, 9.17) is 9.47 Å². The van der Waals surface area contributed by atoms with Crippen LogP contribution in [0.5, 0.6) is 11.5 Å². The van der Waals surface area contributed by atoms with Crippen LogP contribution in [0.2, 0.25) is 0 Å². The molecule has 0 aromatic heterocycles. The SMILES string of the molecule is Cc1cc(Br)ccc1NC(=O)CN(C)C(C)C(=O)Nc1ccc2c(c1)OCCO2. The monoisotopic (exact) mass is 461 g/mol. The average molecular weight is 462 g/mol. The molecule has 3 rings (SSSR count). The molecule has 0 aliphatic carbocycles. The molecule has 1 atom stereocenters. The number of likely N-dealkylation sites (N-methyl/N-ethyl adjacent to an activating group) is 1. The lowest BCUT2D eigenvalue weighted by Gasteiger charge is -2.24. The van der Waals surface area contributed by atoms with Crippen LogP contribution in [-0.4, -0.2) is 49.6 Å². The summed E-state index contributed by atoms with van der Waals surface area (Å²) in [5.74, 6) is 0.882. The van der Waals surface area contributed by atoms with Gasteiger partial charge in [0.15, 0.2) is 11.5 Å². The number of rotatable bonds is 6. The summed E-state index contributed by atoms with van der Waals surface area (Å²) in [5.41, 5.74) is 2.33. The third kappa shape index (κ3) is 5.48. The molecule has 0 bridgehead atoms. The first kappa shape index (κ1) is 21.1. The van der Waals surface area contributed by atoms with Crippen molar-refractivity contribution in [1.82, 2.24) is 4.90 Å². The Morgan fingerprint density at radius 2 is 1.83 bits per heavy atom. The summed E-state index contributed by atoms with van der Waals surface area (Å²) in [6.07, 6.45) is 0. The van der Waals surface area contributed by atoms with Crippen molar-refractivity contribution >= 4 is 39.1 Å². The predicted octanol–water partition coefficient (Wildman–Crippen LogP) is 3.43. The van der Waals surface area contributed by atoms with Crippen LogP contribution in [0.3, 0.4) is 0 Å². The van der Waals surface area contributed by atoms with E-state index in [2.05, 4.69) is 26.6 Å². The van der Waals surface area contributed by atoms with Crippen LogP contribution in [0, 0.1) is 6.92 Å². The van der Waals surface area contributed by atoms with Crippen molar-refractivity contribution in [2.24, 2.45) is 0 Å². The first-order valence-corrected chi connectivity index (χ1v) is 10.1. The molecule has 154 valence electrons. The molecule has 0 saturated heterocycles. The molecule has 1 heterocycles. The van der Waals surface area contributed by atoms with E-state index in [0.29, 0.717) is 30.4 Å². The van der Waals surface area contributed by atoms with Crippen LogP contribution in [0.1, 0.15) is 12.5 Å². The van der Waals surface area contributed by atoms with Gasteiger partial charge in [-0.3, -0.25) is 14.5 Å². The topological polar surface area (TPSA) is 79.9 Å². The number of hydrogen-bond donors (Lipinski definition) is 2. The Hall–Kier alpha value is -2.58. The Morgan fingerprint density at radius 3 is 2.55 bits per heavy atom. The maximum atomic E-state index is 12.6. The van der Waals surface area contributed by atoms with Gasteiger partial charge >= 0.3 is 0 Å². The number of carbonyl (C=O) groups is 2. The smallest absolute Gasteiger partial charge is 0.241 e. The van der Waals surface area contributed by atoms with E-state index >= 15 is 0 Å². The van der Waals surface area contributed by atoms with Gasteiger partial charge in [-0.05, 0) is 56.8 Å². The number of nitrogens with zero attached hydrogens (tertiary/aromatic N) is 1. The number of nitrogens with one attached hydrogen (secondary N) is 2. The Labute approximate surface area is 178 Å². The number of anilines is 2. The molecule has 0 fully saturated rings. The van der Waals surface area contributed by atoms with Crippen LogP contribution < -0.4 is 20.1 Å². The van der Waals surface area contributed by atoms with Gasteiger partial charge in [-0.25, -0.2) is 0 Å². The van der Waals surface area contributed by atoms with Gasteiger partial charge in [0.05, 0.1) is 12.6 Å². The quantitative estimate of drug-likeness (QED) is 0.688. The minimum absolute atomic E-state index is 0.0885. The maximum absolute atomic E-state index is 12.6. The zero-order chi connectivity index (χ0) is 21.0. The summed E-state index contributed by atoms with van der Waals surface area (Å²) < 4.78 is 12.0. The average Bonchev–Trinajstić information content (AvgIpc) is 2.69. The summed E-state index contributed by atoms with van der Waals surface area (Å²) in [4.78, 5) is 26.7. The Bertz CT molecular complexity index is 919. The van der Waals surface area contributed by atoms with Crippen LogP contribution in [-0.2, 0) is 9.59 Å². The van der Waals surface area contributed by atoms with Crippen LogP contribution >= 0.6 is 15.9 Å². The van der Waals surface area contributed by atoms with Crippen molar-refractivity contribution in [3.05, 3.63) is 46.4 Å². The number of benzene rings is 2. The van der Waals surface area contributed by atoms with E-state index in [1.165, 1.54) is 0 Å². The fourth-order valence-corrected chi connectivity index (χ4v) is 3.36. The number of hydrogen-bond acceptors (Lipinski definition) is 5. The van der Waals surface area contributed by atoms with Gasteiger partial charge in [-0.2, -0.15) is 0 Å². The summed E-state index contributed by atoms with van der Waals surface area (Å²) in [6, 6.07) is 10.4. The molecule has 0 spiro atoms. The van der Waals surface area contributed by atoms with E-state index in [0.717, 1.165) is 15.7 Å². The molecular weight excluding hydrogens is 438 g/mol. The minimum atomic E-state index is -0.500. The zero-order valence-electron chi connectivity index (χ0n) is 16.6. The van der Waals surface area contributed by atoms with E-state index < -0.39 is 6.04 Å². The first-order valence-electron chi connectivity index (χ1n) is 9.30. The van der Waals surface area contributed by atoms with E-state index in [-0.39, 0.29) is 18.4 Å². The number of amides is 2. The second-order valence-electron chi connectivity index (χ2n) is 6.95. The highest BCUT2D eigenvalue weighted by Gasteiger charge is 2.21. The lowest BCUT2D eigenvalue weighted by Crippen LogP contribution is -2.43. The molecule has 2 N–H and O–H groups in total. The lowest BCUT2D eigenvalue weighted by molar-refractivity contribution is -0.122. The molecule has 1 unspecified atom stereocenters. The van der Waals surface area contributed by atoms with Crippen molar-refractivity contribution in [2.45, 2.75) is 19.9 Å².